The summed E-state index contributed by atoms with van der Waals surface area (Å²) in [6.07, 6.45) is 4.85. The van der Waals surface area contributed by atoms with E-state index in [4.69, 9.17) is 4.74 Å². The van der Waals surface area contributed by atoms with Crippen molar-refractivity contribution in [3.63, 3.8) is 0 Å². The number of alkyl halides is 2. The highest BCUT2D eigenvalue weighted by molar-refractivity contribution is 5.93. The van der Waals surface area contributed by atoms with Gasteiger partial charge < -0.3 is 15.4 Å². The van der Waals surface area contributed by atoms with Crippen LogP contribution in [0, 0.1) is 5.82 Å². The lowest BCUT2D eigenvalue weighted by Crippen LogP contribution is -2.32. The minimum atomic E-state index is -2.63. The molecule has 5 rings (SSSR count). The van der Waals surface area contributed by atoms with Crippen molar-refractivity contribution in [3.8, 4) is 17.0 Å². The number of fused-ring (bicyclic) bond motifs is 2. The molecule has 0 spiro atoms. The maximum absolute atomic E-state index is 14.8. The van der Waals surface area contributed by atoms with Crippen molar-refractivity contribution in [1.29, 1.82) is 0 Å². The number of nitrogens with zero attached hydrogens (tertiary/aromatic N) is 5. The van der Waals surface area contributed by atoms with Gasteiger partial charge in [0.15, 0.2) is 11.5 Å². The quantitative estimate of drug-likeness (QED) is 0.460. The lowest BCUT2D eigenvalue weighted by molar-refractivity contribution is -0.0361. The molecular formula is C22H22F3N7O2. The molecule has 0 bridgehead atoms. The van der Waals surface area contributed by atoms with Gasteiger partial charge in [-0.05, 0) is 25.0 Å². The number of hydrogen-bond donors (Lipinski definition) is 2. The number of ether oxygens (including phenoxy) is 1. The van der Waals surface area contributed by atoms with Gasteiger partial charge in [-0.15, -0.1) is 5.10 Å². The van der Waals surface area contributed by atoms with Crippen molar-refractivity contribution in [2.24, 2.45) is 0 Å². The lowest BCUT2D eigenvalue weighted by atomic mass is 9.92. The smallest absolute Gasteiger partial charge is 0.269 e. The SMILES string of the molecule is CNC(=O)c1cnc2c(F)cc(-c3ccn4nc(NC5CCC(F)(F)CC5)nc(OC)c34)cn12. The Bertz CT molecular complexity index is 1390. The number of amides is 1. The van der Waals surface area contributed by atoms with Gasteiger partial charge in [0.25, 0.3) is 5.91 Å². The van der Waals surface area contributed by atoms with E-state index in [2.05, 4.69) is 25.7 Å². The molecule has 1 aliphatic carbocycles. The minimum absolute atomic E-state index is 0.0265. The zero-order valence-corrected chi connectivity index (χ0v) is 18.5. The first-order chi connectivity index (χ1) is 16.3. The maximum Gasteiger partial charge on any atom is 0.269 e. The average Bonchev–Trinajstić information content (AvgIpc) is 3.44. The van der Waals surface area contributed by atoms with Crippen LogP contribution < -0.4 is 15.4 Å². The molecule has 9 nitrogen and oxygen atoms in total. The van der Waals surface area contributed by atoms with Crippen LogP contribution in [0.2, 0.25) is 0 Å². The molecule has 0 unspecified atom stereocenters. The second kappa shape index (κ2) is 8.19. The van der Waals surface area contributed by atoms with E-state index in [0.717, 1.165) is 0 Å². The summed E-state index contributed by atoms with van der Waals surface area (Å²) >= 11 is 0. The fourth-order valence-electron chi connectivity index (χ4n) is 4.28. The number of nitrogens with one attached hydrogen (secondary N) is 2. The first-order valence-electron chi connectivity index (χ1n) is 10.8. The van der Waals surface area contributed by atoms with Crippen LogP contribution in [0.4, 0.5) is 19.1 Å². The van der Waals surface area contributed by atoms with Gasteiger partial charge >= 0.3 is 0 Å². The van der Waals surface area contributed by atoms with Crippen LogP contribution in [0.15, 0.2) is 30.7 Å². The van der Waals surface area contributed by atoms with Gasteiger partial charge in [0.05, 0.1) is 13.3 Å². The predicted molar refractivity (Wildman–Crippen MR) is 118 cm³/mol. The molecule has 1 aliphatic rings. The second-order valence-electron chi connectivity index (χ2n) is 8.23. The molecule has 0 radical (unpaired) electrons. The number of aromatic nitrogens is 5. The van der Waals surface area contributed by atoms with Crippen molar-refractivity contribution in [3.05, 3.63) is 42.2 Å². The molecule has 2 N–H and O–H groups in total. The van der Waals surface area contributed by atoms with Crippen LogP contribution in [-0.4, -0.2) is 56.0 Å². The zero-order valence-electron chi connectivity index (χ0n) is 18.5. The molecular weight excluding hydrogens is 451 g/mol. The van der Waals surface area contributed by atoms with Crippen LogP contribution in [0.3, 0.4) is 0 Å². The van der Waals surface area contributed by atoms with Crippen molar-refractivity contribution in [2.75, 3.05) is 19.5 Å². The van der Waals surface area contributed by atoms with Crippen LogP contribution in [-0.2, 0) is 0 Å². The zero-order chi connectivity index (χ0) is 24.0. The molecule has 34 heavy (non-hydrogen) atoms. The average molecular weight is 473 g/mol. The highest BCUT2D eigenvalue weighted by Gasteiger charge is 2.35. The van der Waals surface area contributed by atoms with Gasteiger partial charge in [-0.1, -0.05) is 0 Å². The van der Waals surface area contributed by atoms with Crippen LogP contribution in [0.1, 0.15) is 36.2 Å². The number of halogens is 3. The van der Waals surface area contributed by atoms with Crippen LogP contribution in [0.5, 0.6) is 5.88 Å². The third kappa shape index (κ3) is 3.78. The van der Waals surface area contributed by atoms with Gasteiger partial charge in [0.1, 0.15) is 11.2 Å². The fourth-order valence-corrected chi connectivity index (χ4v) is 4.28. The van der Waals surface area contributed by atoms with E-state index in [1.807, 2.05) is 0 Å². The van der Waals surface area contributed by atoms with E-state index in [1.54, 1.807) is 18.5 Å². The number of anilines is 1. The van der Waals surface area contributed by atoms with E-state index in [0.29, 0.717) is 29.5 Å². The highest BCUT2D eigenvalue weighted by atomic mass is 19.3. The first-order valence-corrected chi connectivity index (χ1v) is 10.8. The summed E-state index contributed by atoms with van der Waals surface area (Å²) in [5, 5.41) is 10.1. The third-order valence-corrected chi connectivity index (χ3v) is 6.05. The number of hydrogen-bond acceptors (Lipinski definition) is 6. The normalized spacial score (nSPS) is 16.1. The second-order valence-corrected chi connectivity index (χ2v) is 8.23. The van der Waals surface area contributed by atoms with Gasteiger partial charge in [0, 0.05) is 49.5 Å². The third-order valence-electron chi connectivity index (χ3n) is 6.05. The topological polar surface area (TPSA) is 97.9 Å². The summed E-state index contributed by atoms with van der Waals surface area (Å²) in [5.74, 6) is -3.14. The summed E-state index contributed by atoms with van der Waals surface area (Å²) in [6, 6.07) is 2.88. The summed E-state index contributed by atoms with van der Waals surface area (Å²) in [4.78, 5) is 20.6. The lowest BCUT2D eigenvalue weighted by Gasteiger charge is -2.28. The summed E-state index contributed by atoms with van der Waals surface area (Å²) in [7, 11) is 2.93. The standard InChI is InChI=1S/C22H22F3N7O2/c1-26-19(33)16-10-27-18-15(23)9-12(11-31(16)18)14-5-8-32-17(14)20(34-2)29-21(30-32)28-13-3-6-22(24,25)7-4-13/h5,8-11,13H,3-4,6-7H2,1-2H3,(H,26,33)(H,28,30). The molecule has 12 heteroatoms. The highest BCUT2D eigenvalue weighted by Crippen LogP contribution is 2.35. The molecule has 0 atom stereocenters. The number of carbonyl (C=O) groups is 1. The molecule has 1 saturated carbocycles. The molecule has 4 aromatic heterocycles. The van der Waals surface area contributed by atoms with Gasteiger partial charge in [-0.2, -0.15) is 4.98 Å². The van der Waals surface area contributed by atoms with Crippen molar-refractivity contribution in [2.45, 2.75) is 37.6 Å². The molecule has 0 aliphatic heterocycles. The Balaban J connectivity index is 1.54. The largest absolute Gasteiger partial charge is 0.479 e. The number of pyridine rings is 1. The van der Waals surface area contributed by atoms with E-state index in [9.17, 15) is 18.0 Å². The molecule has 0 saturated heterocycles. The molecule has 4 aromatic rings. The summed E-state index contributed by atoms with van der Waals surface area (Å²) in [5.41, 5.74) is 1.75. The van der Waals surface area contributed by atoms with Gasteiger partial charge in [-0.25, -0.2) is 22.7 Å². The van der Waals surface area contributed by atoms with E-state index in [-0.39, 0.29) is 42.1 Å². The number of methoxy groups -OCH3 is 1. The van der Waals surface area contributed by atoms with E-state index < -0.39 is 17.6 Å². The van der Waals surface area contributed by atoms with E-state index in [1.165, 1.54) is 35.3 Å². The van der Waals surface area contributed by atoms with Crippen molar-refractivity contribution >= 4 is 23.0 Å². The minimum Gasteiger partial charge on any atom is -0.479 e. The Hall–Kier alpha value is -3.83. The van der Waals surface area contributed by atoms with Crippen LogP contribution >= 0.6 is 0 Å². The number of rotatable bonds is 5. The predicted octanol–water partition coefficient (Wildman–Crippen LogP) is 3.54. The Morgan fingerprint density at radius 1 is 1.29 bits per heavy atom. The van der Waals surface area contributed by atoms with E-state index >= 15 is 0 Å². The Labute approximate surface area is 192 Å². The molecule has 0 aromatic carbocycles. The monoisotopic (exact) mass is 473 g/mol. The number of imidazole rings is 1. The van der Waals surface area contributed by atoms with Crippen molar-refractivity contribution in [1.82, 2.24) is 29.3 Å². The Kier molecular flexibility index (Phi) is 5.29. The Morgan fingerprint density at radius 3 is 2.76 bits per heavy atom. The molecule has 178 valence electrons. The maximum atomic E-state index is 14.8. The molecule has 1 amide bonds. The summed E-state index contributed by atoms with van der Waals surface area (Å²) in [6.45, 7) is 0. The molecule has 1 fully saturated rings. The summed E-state index contributed by atoms with van der Waals surface area (Å²) < 4.78 is 50.2. The fraction of sp³-hybridized carbons (Fsp3) is 0.364. The van der Waals surface area contributed by atoms with Gasteiger partial charge in [0.2, 0.25) is 17.8 Å². The molecule has 4 heterocycles. The van der Waals surface area contributed by atoms with Crippen molar-refractivity contribution < 1.29 is 22.7 Å². The van der Waals surface area contributed by atoms with Gasteiger partial charge in [-0.3, -0.25) is 9.20 Å². The first kappa shape index (κ1) is 22.0. The van der Waals surface area contributed by atoms with Crippen LogP contribution in [0.25, 0.3) is 22.3 Å². The number of carbonyl (C=O) groups excluding carboxylic acids is 1. The Morgan fingerprint density at radius 2 is 2.06 bits per heavy atom.